The zero-order chi connectivity index (χ0) is 8.39. The molecular weight excluding hydrogens is 154 g/mol. The number of ether oxygens (including phenoxy) is 1. The van der Waals surface area contributed by atoms with E-state index in [2.05, 4.69) is 11.4 Å². The number of carbonyl (C=O) groups is 1. The molecule has 1 heterocycles. The quantitative estimate of drug-likeness (QED) is 0.570. The molecule has 0 aromatic carbocycles. The van der Waals surface area contributed by atoms with Gasteiger partial charge in [-0.2, -0.15) is 0 Å². The molecule has 64 valence electrons. The zero-order valence-corrected chi connectivity index (χ0v) is 6.75. The van der Waals surface area contributed by atoms with Crippen LogP contribution in [0.1, 0.15) is 6.42 Å². The summed E-state index contributed by atoms with van der Waals surface area (Å²) < 4.78 is 5.19. The van der Waals surface area contributed by atoms with Crippen LogP contribution in [-0.4, -0.2) is 19.1 Å². The molecule has 0 saturated carbocycles. The third-order valence-electron chi connectivity index (χ3n) is 2.11. The first-order valence-corrected chi connectivity index (χ1v) is 4.10. The molecular formula is C9H11NO2. The second-order valence-corrected chi connectivity index (χ2v) is 3.05. The first-order chi connectivity index (χ1) is 5.86. The Morgan fingerprint density at radius 1 is 1.58 bits per heavy atom. The van der Waals surface area contributed by atoms with Crippen LogP contribution in [0.25, 0.3) is 0 Å². The lowest BCUT2D eigenvalue weighted by Gasteiger charge is -2.17. The number of amides is 1. The van der Waals surface area contributed by atoms with Crippen LogP contribution in [0.2, 0.25) is 0 Å². The summed E-state index contributed by atoms with van der Waals surface area (Å²) in [4.78, 5) is 11.0. The standard InChI is InChI=1S/C9H11NO2/c11-9-6-12-5-7-3-1-2-4-8(7)10-9/h1-2,4,7H,3,5-6H2,(H,10,11). The highest BCUT2D eigenvalue weighted by atomic mass is 16.5. The molecule has 2 aliphatic rings. The van der Waals surface area contributed by atoms with E-state index in [4.69, 9.17) is 4.74 Å². The molecule has 0 radical (unpaired) electrons. The van der Waals surface area contributed by atoms with Crippen LogP contribution in [0.4, 0.5) is 0 Å². The van der Waals surface area contributed by atoms with Gasteiger partial charge >= 0.3 is 0 Å². The van der Waals surface area contributed by atoms with E-state index in [0.29, 0.717) is 12.5 Å². The van der Waals surface area contributed by atoms with Crippen molar-refractivity contribution in [1.82, 2.24) is 5.32 Å². The molecule has 2 rings (SSSR count). The Hall–Kier alpha value is -1.09. The summed E-state index contributed by atoms with van der Waals surface area (Å²) in [5.74, 6) is 0.306. The summed E-state index contributed by atoms with van der Waals surface area (Å²) in [6.45, 7) is 0.836. The van der Waals surface area contributed by atoms with Crippen molar-refractivity contribution in [2.24, 2.45) is 5.92 Å². The topological polar surface area (TPSA) is 38.3 Å². The molecule has 0 spiro atoms. The highest BCUT2D eigenvalue weighted by molar-refractivity contribution is 5.79. The van der Waals surface area contributed by atoms with Gasteiger partial charge in [0.15, 0.2) is 0 Å². The number of fused-ring (bicyclic) bond motifs is 1. The van der Waals surface area contributed by atoms with Crippen molar-refractivity contribution in [3.8, 4) is 0 Å². The van der Waals surface area contributed by atoms with Gasteiger partial charge < -0.3 is 10.1 Å². The van der Waals surface area contributed by atoms with Gasteiger partial charge in [0, 0.05) is 11.6 Å². The van der Waals surface area contributed by atoms with Crippen LogP contribution in [-0.2, 0) is 9.53 Å². The summed E-state index contributed by atoms with van der Waals surface area (Å²) in [5, 5.41) is 2.83. The normalized spacial score (nSPS) is 28.5. The molecule has 1 fully saturated rings. The van der Waals surface area contributed by atoms with Crippen LogP contribution < -0.4 is 5.32 Å². The molecule has 1 unspecified atom stereocenters. The van der Waals surface area contributed by atoms with Crippen LogP contribution in [0.3, 0.4) is 0 Å². The van der Waals surface area contributed by atoms with Crippen molar-refractivity contribution in [3.63, 3.8) is 0 Å². The summed E-state index contributed by atoms with van der Waals surface area (Å²) in [6, 6.07) is 0. The summed E-state index contributed by atoms with van der Waals surface area (Å²) in [6.07, 6.45) is 6.97. The Balaban J connectivity index is 2.18. The minimum absolute atomic E-state index is 0.0425. The van der Waals surface area contributed by atoms with Crippen LogP contribution >= 0.6 is 0 Å². The van der Waals surface area contributed by atoms with E-state index >= 15 is 0 Å². The third-order valence-corrected chi connectivity index (χ3v) is 2.11. The lowest BCUT2D eigenvalue weighted by Crippen LogP contribution is -2.26. The second kappa shape index (κ2) is 3.11. The van der Waals surface area contributed by atoms with Gasteiger partial charge in [-0.3, -0.25) is 4.79 Å². The monoisotopic (exact) mass is 165 g/mol. The SMILES string of the molecule is O=C1COCC2CC=CC=C2N1. The minimum atomic E-state index is -0.0425. The number of hydrogen-bond acceptors (Lipinski definition) is 2. The van der Waals surface area contributed by atoms with Gasteiger partial charge in [0.2, 0.25) is 5.91 Å². The van der Waals surface area contributed by atoms with E-state index in [-0.39, 0.29) is 12.5 Å². The smallest absolute Gasteiger partial charge is 0.250 e. The summed E-state index contributed by atoms with van der Waals surface area (Å²) in [7, 11) is 0. The Kier molecular flexibility index (Phi) is 1.96. The molecule has 3 nitrogen and oxygen atoms in total. The molecule has 1 aliphatic heterocycles. The molecule has 1 N–H and O–H groups in total. The molecule has 1 aliphatic carbocycles. The van der Waals surface area contributed by atoms with E-state index < -0.39 is 0 Å². The lowest BCUT2D eigenvalue weighted by atomic mass is 9.98. The average Bonchev–Trinajstić information content (AvgIpc) is 2.25. The first-order valence-electron chi connectivity index (χ1n) is 4.10. The maximum absolute atomic E-state index is 11.0. The molecule has 1 saturated heterocycles. The van der Waals surface area contributed by atoms with E-state index in [9.17, 15) is 4.79 Å². The highest BCUT2D eigenvalue weighted by Gasteiger charge is 2.21. The van der Waals surface area contributed by atoms with E-state index in [1.807, 2.05) is 12.2 Å². The Morgan fingerprint density at radius 2 is 2.50 bits per heavy atom. The van der Waals surface area contributed by atoms with Gasteiger partial charge in [-0.15, -0.1) is 0 Å². The fourth-order valence-corrected chi connectivity index (χ4v) is 1.47. The highest BCUT2D eigenvalue weighted by Crippen LogP contribution is 2.20. The number of carbonyl (C=O) groups excluding carboxylic acids is 1. The van der Waals surface area contributed by atoms with E-state index in [0.717, 1.165) is 12.1 Å². The molecule has 1 amide bonds. The summed E-state index contributed by atoms with van der Waals surface area (Å²) >= 11 is 0. The average molecular weight is 165 g/mol. The van der Waals surface area contributed by atoms with Crippen LogP contribution in [0, 0.1) is 5.92 Å². The van der Waals surface area contributed by atoms with Gasteiger partial charge in [-0.05, 0) is 12.5 Å². The van der Waals surface area contributed by atoms with Crippen LogP contribution in [0.5, 0.6) is 0 Å². The Morgan fingerprint density at radius 3 is 3.42 bits per heavy atom. The predicted molar refractivity (Wildman–Crippen MR) is 44.3 cm³/mol. The van der Waals surface area contributed by atoms with Crippen molar-refractivity contribution in [2.45, 2.75) is 6.42 Å². The maximum Gasteiger partial charge on any atom is 0.250 e. The fraction of sp³-hybridized carbons (Fsp3) is 0.444. The largest absolute Gasteiger partial charge is 0.371 e. The predicted octanol–water partition coefficient (Wildman–Crippen LogP) is 0.593. The van der Waals surface area contributed by atoms with E-state index in [1.165, 1.54) is 0 Å². The Labute approximate surface area is 71.1 Å². The Bertz CT molecular complexity index is 255. The van der Waals surface area contributed by atoms with Crippen molar-refractivity contribution < 1.29 is 9.53 Å². The fourth-order valence-electron chi connectivity index (χ4n) is 1.47. The molecule has 12 heavy (non-hydrogen) atoms. The van der Waals surface area contributed by atoms with Gasteiger partial charge in [-0.25, -0.2) is 0 Å². The number of allylic oxidation sites excluding steroid dienone is 3. The third kappa shape index (κ3) is 1.41. The second-order valence-electron chi connectivity index (χ2n) is 3.05. The van der Waals surface area contributed by atoms with E-state index in [1.54, 1.807) is 0 Å². The molecule has 3 heteroatoms. The van der Waals surface area contributed by atoms with Gasteiger partial charge in [0.1, 0.15) is 6.61 Å². The van der Waals surface area contributed by atoms with Gasteiger partial charge in [0.05, 0.1) is 6.61 Å². The van der Waals surface area contributed by atoms with Gasteiger partial charge in [0.25, 0.3) is 0 Å². The van der Waals surface area contributed by atoms with Crippen molar-refractivity contribution in [1.29, 1.82) is 0 Å². The molecule has 1 atom stereocenters. The molecule has 0 bridgehead atoms. The lowest BCUT2D eigenvalue weighted by molar-refractivity contribution is -0.123. The first kappa shape index (κ1) is 7.55. The zero-order valence-electron chi connectivity index (χ0n) is 6.75. The number of hydrogen-bond donors (Lipinski definition) is 1. The minimum Gasteiger partial charge on any atom is -0.371 e. The van der Waals surface area contributed by atoms with Gasteiger partial charge in [-0.1, -0.05) is 12.2 Å². The van der Waals surface area contributed by atoms with Crippen molar-refractivity contribution >= 4 is 5.91 Å². The summed E-state index contributed by atoms with van der Waals surface area (Å²) in [5.41, 5.74) is 1.00. The molecule has 0 aromatic rings. The molecule has 0 aromatic heterocycles. The van der Waals surface area contributed by atoms with Crippen LogP contribution in [0.15, 0.2) is 23.9 Å². The number of rotatable bonds is 0. The number of nitrogens with one attached hydrogen (secondary N) is 1. The van der Waals surface area contributed by atoms with Crippen molar-refractivity contribution in [2.75, 3.05) is 13.2 Å². The van der Waals surface area contributed by atoms with Crippen molar-refractivity contribution in [3.05, 3.63) is 23.9 Å². The maximum atomic E-state index is 11.0.